The van der Waals surface area contributed by atoms with Crippen molar-refractivity contribution in [1.29, 1.82) is 0 Å². The summed E-state index contributed by atoms with van der Waals surface area (Å²) < 4.78 is 62.2. The molecule has 3 rings (SSSR count). The monoisotopic (exact) mass is 429 g/mol. The van der Waals surface area contributed by atoms with Crippen molar-refractivity contribution in [1.82, 2.24) is 5.16 Å². The topological polar surface area (TPSA) is 89.6 Å². The van der Waals surface area contributed by atoms with Crippen LogP contribution in [-0.2, 0) is 16.4 Å². The van der Waals surface area contributed by atoms with E-state index in [-0.39, 0.29) is 22.6 Å². The Kier molecular flexibility index (Phi) is 5.42. The predicted octanol–water partition coefficient (Wildman–Crippen LogP) is 3.84. The average Bonchev–Trinajstić information content (AvgIpc) is 3.04. The van der Waals surface area contributed by atoms with E-state index >= 15 is 0 Å². The highest BCUT2D eigenvalue weighted by Crippen LogP contribution is 2.39. The normalized spacial score (nSPS) is 11.6. The molecule has 148 valence electrons. The fourth-order valence-electron chi connectivity index (χ4n) is 2.79. The first kappa shape index (κ1) is 20.2. The van der Waals surface area contributed by atoms with Crippen LogP contribution in [-0.4, -0.2) is 32.0 Å². The van der Waals surface area contributed by atoms with Gasteiger partial charge in [-0.3, -0.25) is 0 Å². The van der Waals surface area contributed by atoms with Crippen LogP contribution in [0.1, 0.15) is 5.76 Å². The van der Waals surface area contributed by atoms with Crippen LogP contribution in [0.5, 0.6) is 5.75 Å². The van der Waals surface area contributed by atoms with Gasteiger partial charge in [-0.1, -0.05) is 22.8 Å². The molecule has 0 saturated heterocycles. The Balaban J connectivity index is 2.25. The molecule has 0 atom stereocenters. The second-order valence-corrected chi connectivity index (χ2v) is 8.24. The van der Waals surface area contributed by atoms with Crippen LogP contribution in [0.3, 0.4) is 0 Å². The van der Waals surface area contributed by atoms with Gasteiger partial charge in [0.1, 0.15) is 34.6 Å². The van der Waals surface area contributed by atoms with Gasteiger partial charge in [-0.2, -0.15) is 0 Å². The highest BCUT2D eigenvalue weighted by Gasteiger charge is 2.25. The van der Waals surface area contributed by atoms with Gasteiger partial charge < -0.3 is 14.4 Å². The molecule has 0 aliphatic heterocycles. The quantitative estimate of drug-likeness (QED) is 0.662. The zero-order valence-corrected chi connectivity index (χ0v) is 16.2. The van der Waals surface area contributed by atoms with E-state index in [0.717, 1.165) is 12.1 Å². The number of benzene rings is 2. The highest BCUT2D eigenvalue weighted by atomic mass is 35.5. The Labute approximate surface area is 164 Å². The van der Waals surface area contributed by atoms with E-state index in [9.17, 15) is 22.3 Å². The Morgan fingerprint density at radius 3 is 2.36 bits per heavy atom. The van der Waals surface area contributed by atoms with Crippen molar-refractivity contribution in [3.05, 3.63) is 52.7 Å². The number of sulfone groups is 1. The molecule has 6 nitrogen and oxygen atoms in total. The zero-order chi connectivity index (χ0) is 20.6. The minimum Gasteiger partial charge on any atom is -0.495 e. The average molecular weight is 430 g/mol. The summed E-state index contributed by atoms with van der Waals surface area (Å²) >= 11 is 6.01. The summed E-state index contributed by atoms with van der Waals surface area (Å²) in [5, 5.41) is 13.8. The van der Waals surface area contributed by atoms with Crippen molar-refractivity contribution >= 4 is 21.4 Å². The Bertz CT molecular complexity index is 1140. The molecule has 0 fully saturated rings. The minimum atomic E-state index is -4.11. The molecule has 3 aromatic rings. The lowest BCUT2D eigenvalue weighted by atomic mass is 9.99. The lowest BCUT2D eigenvalue weighted by Crippen LogP contribution is -2.05. The minimum absolute atomic E-state index is 0.0448. The number of aliphatic hydroxyl groups excluding tert-OH is 1. The zero-order valence-electron chi connectivity index (χ0n) is 14.7. The van der Waals surface area contributed by atoms with Gasteiger partial charge in [0.25, 0.3) is 0 Å². The number of rotatable bonds is 5. The molecule has 28 heavy (non-hydrogen) atoms. The molecule has 0 saturated carbocycles. The smallest absolute Gasteiger partial charge is 0.181 e. The third-order valence-electron chi connectivity index (χ3n) is 3.99. The van der Waals surface area contributed by atoms with Gasteiger partial charge in [0.15, 0.2) is 15.6 Å². The summed E-state index contributed by atoms with van der Waals surface area (Å²) in [5.41, 5.74) is 0.693. The molecule has 10 heteroatoms. The van der Waals surface area contributed by atoms with Gasteiger partial charge in [0, 0.05) is 11.8 Å². The van der Waals surface area contributed by atoms with Crippen molar-refractivity contribution in [2.45, 2.75) is 11.5 Å². The number of aliphatic hydroxyl groups is 1. The van der Waals surface area contributed by atoms with Crippen LogP contribution in [0.4, 0.5) is 8.78 Å². The molecule has 0 amide bonds. The van der Waals surface area contributed by atoms with Crippen LogP contribution >= 0.6 is 11.6 Å². The molecule has 0 aliphatic rings. The molecule has 0 radical (unpaired) electrons. The van der Waals surface area contributed by atoms with Crippen molar-refractivity contribution in [3.63, 3.8) is 0 Å². The molecule has 2 aromatic carbocycles. The summed E-state index contributed by atoms with van der Waals surface area (Å²) in [7, 11) is -2.69. The van der Waals surface area contributed by atoms with E-state index in [4.69, 9.17) is 20.9 Å². The van der Waals surface area contributed by atoms with Gasteiger partial charge in [-0.25, -0.2) is 17.2 Å². The second-order valence-electron chi connectivity index (χ2n) is 5.88. The number of nitrogens with zero attached hydrogens (tertiary/aromatic N) is 1. The van der Waals surface area contributed by atoms with Crippen molar-refractivity contribution < 1.29 is 31.6 Å². The van der Waals surface area contributed by atoms with Gasteiger partial charge >= 0.3 is 0 Å². The largest absolute Gasteiger partial charge is 0.495 e. The van der Waals surface area contributed by atoms with Gasteiger partial charge in [-0.15, -0.1) is 0 Å². The molecule has 0 unspecified atom stereocenters. The van der Waals surface area contributed by atoms with Gasteiger partial charge in [0.2, 0.25) is 0 Å². The van der Waals surface area contributed by atoms with E-state index in [1.165, 1.54) is 7.11 Å². The van der Waals surface area contributed by atoms with E-state index in [1.807, 2.05) is 0 Å². The van der Waals surface area contributed by atoms with Crippen LogP contribution in [0.15, 0.2) is 39.8 Å². The van der Waals surface area contributed by atoms with E-state index in [2.05, 4.69) is 5.16 Å². The maximum Gasteiger partial charge on any atom is 0.181 e. The standard InChI is InChI=1S/C18H14ClF2NO5S/c1-26-14-7-9(3-4-11(14)19)17-16(15(8-23)27-22-17)10-5-12(20)18(13(21)6-10)28(2,24)25/h3-7,23H,8H2,1-2H3. The lowest BCUT2D eigenvalue weighted by Gasteiger charge is -2.09. The number of ether oxygens (including phenoxy) is 1. The summed E-state index contributed by atoms with van der Waals surface area (Å²) in [5.74, 6) is -2.23. The molecular formula is C18H14ClF2NO5S. The van der Waals surface area contributed by atoms with Gasteiger partial charge in [-0.05, 0) is 29.8 Å². The lowest BCUT2D eigenvalue weighted by molar-refractivity contribution is 0.230. The molecular weight excluding hydrogens is 416 g/mol. The highest BCUT2D eigenvalue weighted by molar-refractivity contribution is 7.90. The summed E-state index contributed by atoms with van der Waals surface area (Å²) in [6.07, 6.45) is 0.706. The summed E-state index contributed by atoms with van der Waals surface area (Å²) in [6.45, 7) is -0.593. The predicted molar refractivity (Wildman–Crippen MR) is 97.9 cm³/mol. The Hall–Kier alpha value is -2.49. The molecule has 0 spiro atoms. The van der Waals surface area contributed by atoms with E-state index in [0.29, 0.717) is 22.6 Å². The number of aromatic nitrogens is 1. The van der Waals surface area contributed by atoms with Crippen LogP contribution in [0.25, 0.3) is 22.4 Å². The van der Waals surface area contributed by atoms with Crippen LogP contribution in [0, 0.1) is 11.6 Å². The fourth-order valence-corrected chi connectivity index (χ4v) is 3.81. The maximum atomic E-state index is 14.4. The third kappa shape index (κ3) is 3.60. The first-order chi connectivity index (χ1) is 13.2. The Morgan fingerprint density at radius 2 is 1.82 bits per heavy atom. The molecule has 1 N–H and O–H groups in total. The Morgan fingerprint density at radius 1 is 1.18 bits per heavy atom. The molecule has 1 aromatic heterocycles. The second kappa shape index (κ2) is 7.50. The van der Waals surface area contributed by atoms with Crippen molar-refractivity contribution in [2.75, 3.05) is 13.4 Å². The summed E-state index contributed by atoms with van der Waals surface area (Å²) in [6, 6.07) is 6.37. The first-order valence-corrected chi connectivity index (χ1v) is 10.1. The van der Waals surface area contributed by atoms with Crippen LogP contribution < -0.4 is 4.74 Å². The maximum absolute atomic E-state index is 14.4. The number of halogens is 3. The molecule has 1 heterocycles. The molecule has 0 aliphatic carbocycles. The number of hydrogen-bond acceptors (Lipinski definition) is 6. The SMILES string of the molecule is COc1cc(-c2noc(CO)c2-c2cc(F)c(S(C)(=O)=O)c(F)c2)ccc1Cl. The molecule has 0 bridgehead atoms. The third-order valence-corrected chi connectivity index (χ3v) is 5.43. The fraction of sp³-hybridized carbons (Fsp3) is 0.167. The van der Waals surface area contributed by atoms with Gasteiger partial charge in [0.05, 0.1) is 17.7 Å². The van der Waals surface area contributed by atoms with Crippen LogP contribution in [0.2, 0.25) is 5.02 Å². The summed E-state index contributed by atoms with van der Waals surface area (Å²) in [4.78, 5) is -1.03. The number of methoxy groups -OCH3 is 1. The van der Waals surface area contributed by atoms with Crippen molar-refractivity contribution in [2.24, 2.45) is 0 Å². The first-order valence-electron chi connectivity index (χ1n) is 7.80. The van der Waals surface area contributed by atoms with E-state index < -0.39 is 33.0 Å². The van der Waals surface area contributed by atoms with Crippen molar-refractivity contribution in [3.8, 4) is 28.1 Å². The number of hydrogen-bond donors (Lipinski definition) is 1. The van der Waals surface area contributed by atoms with E-state index in [1.54, 1.807) is 18.2 Å².